The first-order valence-corrected chi connectivity index (χ1v) is 7.54. The van der Waals surface area contributed by atoms with Gasteiger partial charge in [-0.3, -0.25) is 4.79 Å². The molecule has 0 aliphatic carbocycles. The fourth-order valence-corrected chi connectivity index (χ4v) is 2.86. The van der Waals surface area contributed by atoms with Gasteiger partial charge in [-0.15, -0.1) is 11.3 Å². The van der Waals surface area contributed by atoms with E-state index in [0.29, 0.717) is 6.54 Å². The lowest BCUT2D eigenvalue weighted by Crippen LogP contribution is -2.22. The summed E-state index contributed by atoms with van der Waals surface area (Å²) in [5.74, 6) is 0.886. The molecule has 6 heteroatoms. The van der Waals surface area contributed by atoms with Crippen LogP contribution in [0.2, 0.25) is 0 Å². The Hall–Kier alpha value is -1.40. The lowest BCUT2D eigenvalue weighted by Gasteiger charge is -2.00. The van der Waals surface area contributed by atoms with Crippen LogP contribution >= 0.6 is 27.3 Å². The van der Waals surface area contributed by atoms with Crippen molar-refractivity contribution in [1.82, 2.24) is 15.3 Å². The fourth-order valence-electron chi connectivity index (χ4n) is 1.54. The highest BCUT2D eigenvalue weighted by Gasteiger charge is 1.98. The number of nitrogens with one attached hydrogen (secondary N) is 2. The standard InChI is InChI=1S/C13H14BrN3OS/c14-11-5-3-10(19-11)4-6-13(18)17-7-1-2-12-15-8-9-16-12/h3-6,8-9H,1-2,7H2,(H,15,16)(H,17,18)/b6-4+. The van der Waals surface area contributed by atoms with Crippen molar-refractivity contribution in [2.45, 2.75) is 12.8 Å². The van der Waals surface area contributed by atoms with E-state index in [-0.39, 0.29) is 5.91 Å². The number of rotatable bonds is 6. The van der Waals surface area contributed by atoms with Gasteiger partial charge in [0.15, 0.2) is 0 Å². The molecule has 19 heavy (non-hydrogen) atoms. The van der Waals surface area contributed by atoms with Crippen LogP contribution in [-0.2, 0) is 11.2 Å². The van der Waals surface area contributed by atoms with Crippen LogP contribution in [-0.4, -0.2) is 22.4 Å². The normalized spacial score (nSPS) is 11.0. The van der Waals surface area contributed by atoms with Crippen molar-refractivity contribution < 1.29 is 4.79 Å². The Balaban J connectivity index is 1.66. The molecule has 0 fully saturated rings. The van der Waals surface area contributed by atoms with E-state index in [1.54, 1.807) is 29.8 Å². The number of imidazole rings is 1. The maximum absolute atomic E-state index is 11.6. The monoisotopic (exact) mass is 339 g/mol. The number of aromatic amines is 1. The molecular formula is C13H14BrN3OS. The summed E-state index contributed by atoms with van der Waals surface area (Å²) in [6, 6.07) is 3.93. The molecule has 0 unspecified atom stereocenters. The average molecular weight is 340 g/mol. The summed E-state index contributed by atoms with van der Waals surface area (Å²) in [6.07, 6.45) is 8.63. The number of H-pyrrole nitrogens is 1. The first-order valence-electron chi connectivity index (χ1n) is 5.93. The van der Waals surface area contributed by atoms with Crippen molar-refractivity contribution in [3.05, 3.63) is 45.1 Å². The molecular weight excluding hydrogens is 326 g/mol. The molecule has 2 aromatic rings. The molecule has 2 N–H and O–H groups in total. The molecule has 0 aliphatic rings. The number of hydrogen-bond acceptors (Lipinski definition) is 3. The van der Waals surface area contributed by atoms with Crippen LogP contribution in [0.15, 0.2) is 34.4 Å². The Morgan fingerprint density at radius 3 is 3.11 bits per heavy atom. The van der Waals surface area contributed by atoms with E-state index < -0.39 is 0 Å². The molecule has 0 saturated carbocycles. The summed E-state index contributed by atoms with van der Waals surface area (Å²) < 4.78 is 1.06. The summed E-state index contributed by atoms with van der Waals surface area (Å²) in [4.78, 5) is 19.8. The molecule has 0 aliphatic heterocycles. The molecule has 0 bridgehead atoms. The molecule has 0 saturated heterocycles. The van der Waals surface area contributed by atoms with Gasteiger partial charge in [0.1, 0.15) is 5.82 Å². The Morgan fingerprint density at radius 1 is 1.53 bits per heavy atom. The van der Waals surface area contributed by atoms with Gasteiger partial charge in [-0.25, -0.2) is 4.98 Å². The molecule has 2 heterocycles. The number of carbonyl (C=O) groups excluding carboxylic acids is 1. The third-order valence-corrected chi connectivity index (χ3v) is 4.03. The maximum atomic E-state index is 11.6. The highest BCUT2D eigenvalue weighted by atomic mass is 79.9. The van der Waals surface area contributed by atoms with Gasteiger partial charge in [-0.1, -0.05) is 0 Å². The SMILES string of the molecule is O=C(/C=C/c1ccc(Br)s1)NCCCc1ncc[nH]1. The van der Waals surface area contributed by atoms with Crippen LogP contribution in [0.5, 0.6) is 0 Å². The lowest BCUT2D eigenvalue weighted by atomic mass is 10.3. The minimum Gasteiger partial charge on any atom is -0.353 e. The van der Waals surface area contributed by atoms with Gasteiger partial charge in [0.25, 0.3) is 0 Å². The van der Waals surface area contributed by atoms with Gasteiger partial charge in [-0.2, -0.15) is 0 Å². The highest BCUT2D eigenvalue weighted by Crippen LogP contribution is 2.22. The molecule has 0 spiro atoms. The Kier molecular flexibility index (Phi) is 5.35. The summed E-state index contributed by atoms with van der Waals surface area (Å²) in [5.41, 5.74) is 0. The van der Waals surface area contributed by atoms with Crippen molar-refractivity contribution in [3.63, 3.8) is 0 Å². The second-order valence-corrected chi connectivity index (χ2v) is 6.40. The van der Waals surface area contributed by atoms with E-state index in [1.165, 1.54) is 0 Å². The molecule has 4 nitrogen and oxygen atoms in total. The maximum Gasteiger partial charge on any atom is 0.244 e. The molecule has 2 aromatic heterocycles. The third kappa shape index (κ3) is 5.00. The number of hydrogen-bond donors (Lipinski definition) is 2. The molecule has 0 atom stereocenters. The summed E-state index contributed by atoms with van der Waals surface area (Å²) >= 11 is 4.98. The Labute approximate surface area is 124 Å². The lowest BCUT2D eigenvalue weighted by molar-refractivity contribution is -0.116. The first-order chi connectivity index (χ1) is 9.24. The van der Waals surface area contributed by atoms with Gasteiger partial charge in [0.05, 0.1) is 3.79 Å². The van der Waals surface area contributed by atoms with Gasteiger partial charge >= 0.3 is 0 Å². The van der Waals surface area contributed by atoms with Crippen molar-refractivity contribution in [2.24, 2.45) is 0 Å². The van der Waals surface area contributed by atoms with Gasteiger partial charge in [0.2, 0.25) is 5.91 Å². The second-order valence-electron chi connectivity index (χ2n) is 3.91. The number of carbonyl (C=O) groups is 1. The molecule has 2 rings (SSSR count). The zero-order valence-electron chi connectivity index (χ0n) is 10.2. The zero-order chi connectivity index (χ0) is 13.5. The van der Waals surface area contributed by atoms with Crippen LogP contribution in [0.3, 0.4) is 0 Å². The number of amides is 1. The second kappa shape index (κ2) is 7.25. The quantitative estimate of drug-likeness (QED) is 0.627. The predicted octanol–water partition coefficient (Wildman–Crippen LogP) is 3.00. The summed E-state index contributed by atoms with van der Waals surface area (Å²) in [6.45, 7) is 0.651. The van der Waals surface area contributed by atoms with E-state index in [2.05, 4.69) is 31.2 Å². The van der Waals surface area contributed by atoms with Crippen LogP contribution in [0, 0.1) is 0 Å². The minimum atomic E-state index is -0.0658. The van der Waals surface area contributed by atoms with Gasteiger partial charge in [-0.05, 0) is 40.6 Å². The van der Waals surface area contributed by atoms with E-state index in [9.17, 15) is 4.79 Å². The number of aromatic nitrogens is 2. The van der Waals surface area contributed by atoms with Gasteiger partial charge in [0, 0.05) is 36.3 Å². The topological polar surface area (TPSA) is 57.8 Å². The fraction of sp³-hybridized carbons (Fsp3) is 0.231. The van der Waals surface area contributed by atoms with Crippen LogP contribution in [0.1, 0.15) is 17.1 Å². The smallest absolute Gasteiger partial charge is 0.244 e. The van der Waals surface area contributed by atoms with Crippen LogP contribution in [0.4, 0.5) is 0 Å². The molecule has 0 aromatic carbocycles. The van der Waals surface area contributed by atoms with E-state index in [0.717, 1.165) is 27.3 Å². The summed E-state index contributed by atoms with van der Waals surface area (Å²) in [5, 5.41) is 2.85. The molecule has 1 amide bonds. The zero-order valence-corrected chi connectivity index (χ0v) is 12.6. The van der Waals surface area contributed by atoms with Crippen molar-refractivity contribution in [1.29, 1.82) is 0 Å². The number of aryl methyl sites for hydroxylation is 1. The van der Waals surface area contributed by atoms with E-state index in [4.69, 9.17) is 0 Å². The first kappa shape index (κ1) is 14.0. The molecule has 0 radical (unpaired) electrons. The van der Waals surface area contributed by atoms with Crippen LogP contribution in [0.25, 0.3) is 6.08 Å². The number of thiophene rings is 1. The minimum absolute atomic E-state index is 0.0658. The van der Waals surface area contributed by atoms with Gasteiger partial charge < -0.3 is 10.3 Å². The van der Waals surface area contributed by atoms with Crippen molar-refractivity contribution in [3.8, 4) is 0 Å². The van der Waals surface area contributed by atoms with Crippen LogP contribution < -0.4 is 5.32 Å². The number of nitrogens with zero attached hydrogens (tertiary/aromatic N) is 1. The highest BCUT2D eigenvalue weighted by molar-refractivity contribution is 9.11. The number of halogens is 1. The Bertz CT molecular complexity index is 548. The van der Waals surface area contributed by atoms with Crippen molar-refractivity contribution in [2.75, 3.05) is 6.54 Å². The third-order valence-electron chi connectivity index (χ3n) is 2.44. The predicted molar refractivity (Wildman–Crippen MR) is 81.0 cm³/mol. The summed E-state index contributed by atoms with van der Waals surface area (Å²) in [7, 11) is 0. The largest absolute Gasteiger partial charge is 0.353 e. The average Bonchev–Trinajstić information content (AvgIpc) is 3.03. The Morgan fingerprint density at radius 2 is 2.42 bits per heavy atom. The molecule has 100 valence electrons. The van der Waals surface area contributed by atoms with Crippen molar-refractivity contribution >= 4 is 39.2 Å². The van der Waals surface area contributed by atoms with E-state index >= 15 is 0 Å². The van der Waals surface area contributed by atoms with E-state index in [1.807, 2.05) is 18.2 Å².